The predicted octanol–water partition coefficient (Wildman–Crippen LogP) is 3.03. The Labute approximate surface area is 123 Å². The number of carbonyl (C=O) groups is 1. The van der Waals surface area contributed by atoms with Gasteiger partial charge in [0.25, 0.3) is 5.91 Å². The summed E-state index contributed by atoms with van der Waals surface area (Å²) in [6, 6.07) is 9.73. The number of nitrogen functional groups attached to an aromatic ring is 1. The zero-order valence-corrected chi connectivity index (χ0v) is 12.3. The van der Waals surface area contributed by atoms with Crippen molar-refractivity contribution in [2.45, 2.75) is 6.92 Å². The number of nitrogens with one attached hydrogen (secondary N) is 1. The van der Waals surface area contributed by atoms with E-state index in [9.17, 15) is 9.18 Å². The van der Waals surface area contributed by atoms with Crippen LogP contribution in [-0.2, 0) is 0 Å². The second-order valence-electron chi connectivity index (χ2n) is 5.06. The van der Waals surface area contributed by atoms with Gasteiger partial charge in [-0.15, -0.1) is 0 Å². The van der Waals surface area contributed by atoms with Crippen molar-refractivity contribution in [3.63, 3.8) is 0 Å². The van der Waals surface area contributed by atoms with Gasteiger partial charge in [0.2, 0.25) is 0 Å². The van der Waals surface area contributed by atoms with Crippen LogP contribution in [0.4, 0.5) is 21.5 Å². The summed E-state index contributed by atoms with van der Waals surface area (Å²) in [7, 11) is 3.66. The van der Waals surface area contributed by atoms with E-state index in [1.807, 2.05) is 19.0 Å². The molecule has 0 spiro atoms. The van der Waals surface area contributed by atoms with Crippen molar-refractivity contribution in [3.8, 4) is 0 Å². The Morgan fingerprint density at radius 2 is 1.95 bits per heavy atom. The summed E-state index contributed by atoms with van der Waals surface area (Å²) in [4.78, 5) is 14.2. The third-order valence-electron chi connectivity index (χ3n) is 3.21. The molecule has 0 aliphatic heterocycles. The second-order valence-corrected chi connectivity index (χ2v) is 5.06. The van der Waals surface area contributed by atoms with E-state index < -0.39 is 5.82 Å². The maximum Gasteiger partial charge on any atom is 0.257 e. The topological polar surface area (TPSA) is 58.4 Å². The first-order valence-corrected chi connectivity index (χ1v) is 6.53. The lowest BCUT2D eigenvalue weighted by Crippen LogP contribution is -2.19. The summed E-state index contributed by atoms with van der Waals surface area (Å²) < 4.78 is 13.8. The fourth-order valence-corrected chi connectivity index (χ4v) is 2.10. The molecular weight excluding hydrogens is 269 g/mol. The molecule has 0 saturated carbocycles. The monoisotopic (exact) mass is 287 g/mol. The Balaban J connectivity index is 2.39. The van der Waals surface area contributed by atoms with Crippen molar-refractivity contribution in [2.24, 2.45) is 0 Å². The lowest BCUT2D eigenvalue weighted by molar-refractivity contribution is 0.102. The van der Waals surface area contributed by atoms with Gasteiger partial charge in [0.1, 0.15) is 5.82 Å². The normalized spacial score (nSPS) is 10.3. The average molecular weight is 287 g/mol. The number of rotatable bonds is 3. The van der Waals surface area contributed by atoms with Crippen molar-refractivity contribution in [1.29, 1.82) is 0 Å². The molecule has 4 nitrogen and oxygen atoms in total. The molecule has 0 aliphatic rings. The number of anilines is 3. The molecule has 2 rings (SSSR count). The number of nitrogens with zero attached hydrogens (tertiary/aromatic N) is 1. The van der Waals surface area contributed by atoms with E-state index in [-0.39, 0.29) is 11.6 Å². The van der Waals surface area contributed by atoms with Gasteiger partial charge in [-0.05, 0) is 36.8 Å². The van der Waals surface area contributed by atoms with E-state index in [1.54, 1.807) is 37.3 Å². The minimum atomic E-state index is -0.460. The van der Waals surface area contributed by atoms with Crippen molar-refractivity contribution >= 4 is 23.0 Å². The van der Waals surface area contributed by atoms with Crippen LogP contribution >= 0.6 is 0 Å². The first-order valence-electron chi connectivity index (χ1n) is 6.53. The molecule has 0 saturated heterocycles. The van der Waals surface area contributed by atoms with Gasteiger partial charge in [-0.1, -0.05) is 12.1 Å². The van der Waals surface area contributed by atoms with E-state index in [0.717, 1.165) is 5.69 Å². The molecule has 0 radical (unpaired) electrons. The van der Waals surface area contributed by atoms with E-state index in [4.69, 9.17) is 5.73 Å². The number of amides is 1. The Hall–Kier alpha value is -2.56. The molecule has 5 heteroatoms. The molecule has 21 heavy (non-hydrogen) atoms. The average Bonchev–Trinajstić information content (AvgIpc) is 2.42. The highest BCUT2D eigenvalue weighted by Crippen LogP contribution is 2.24. The molecule has 0 atom stereocenters. The van der Waals surface area contributed by atoms with Crippen molar-refractivity contribution in [1.82, 2.24) is 0 Å². The SMILES string of the molecule is Cc1cccc(F)c1NC(=O)c1cc(N)ccc1N(C)C. The highest BCUT2D eigenvalue weighted by atomic mass is 19.1. The quantitative estimate of drug-likeness (QED) is 0.853. The standard InChI is InChI=1S/C16H18FN3O/c1-10-5-4-6-13(17)15(10)19-16(21)12-9-11(18)7-8-14(12)20(2)3/h4-9H,18H2,1-3H3,(H,19,21). The largest absolute Gasteiger partial charge is 0.399 e. The molecule has 0 aliphatic carbocycles. The Kier molecular flexibility index (Phi) is 4.12. The number of para-hydroxylation sites is 1. The highest BCUT2D eigenvalue weighted by molar-refractivity contribution is 6.09. The molecule has 0 fully saturated rings. The number of aryl methyl sites for hydroxylation is 1. The second kappa shape index (κ2) is 5.83. The van der Waals surface area contributed by atoms with Crippen LogP contribution in [0.5, 0.6) is 0 Å². The maximum atomic E-state index is 13.8. The molecule has 2 aromatic rings. The number of benzene rings is 2. The summed E-state index contributed by atoms with van der Waals surface area (Å²) >= 11 is 0. The number of hydrogen-bond donors (Lipinski definition) is 2. The Morgan fingerprint density at radius 3 is 2.57 bits per heavy atom. The van der Waals surface area contributed by atoms with Crippen LogP contribution in [0.2, 0.25) is 0 Å². The summed E-state index contributed by atoms with van der Waals surface area (Å²) in [5.74, 6) is -0.849. The number of carbonyl (C=O) groups excluding carboxylic acids is 1. The van der Waals surface area contributed by atoms with Crippen LogP contribution in [0.25, 0.3) is 0 Å². The summed E-state index contributed by atoms with van der Waals surface area (Å²) in [5, 5.41) is 2.62. The number of hydrogen-bond acceptors (Lipinski definition) is 3. The fourth-order valence-electron chi connectivity index (χ4n) is 2.10. The third-order valence-corrected chi connectivity index (χ3v) is 3.21. The van der Waals surface area contributed by atoms with Gasteiger partial charge < -0.3 is 16.0 Å². The molecule has 1 amide bonds. The van der Waals surface area contributed by atoms with Gasteiger partial charge in [0.15, 0.2) is 0 Å². The molecule has 0 heterocycles. The number of nitrogens with two attached hydrogens (primary N) is 1. The molecule has 0 unspecified atom stereocenters. The number of halogens is 1. The zero-order valence-electron chi connectivity index (χ0n) is 12.3. The van der Waals surface area contributed by atoms with E-state index in [0.29, 0.717) is 16.8 Å². The third kappa shape index (κ3) is 3.13. The van der Waals surface area contributed by atoms with Crippen LogP contribution in [0.1, 0.15) is 15.9 Å². The molecule has 0 bridgehead atoms. The Bertz CT molecular complexity index is 663. The summed E-state index contributed by atoms with van der Waals surface area (Å²) in [5.41, 5.74) is 8.21. The molecular formula is C16H18FN3O. The lowest BCUT2D eigenvalue weighted by Gasteiger charge is -2.18. The van der Waals surface area contributed by atoms with Crippen molar-refractivity contribution in [3.05, 3.63) is 53.3 Å². The van der Waals surface area contributed by atoms with Gasteiger partial charge >= 0.3 is 0 Å². The smallest absolute Gasteiger partial charge is 0.257 e. The van der Waals surface area contributed by atoms with E-state index in [2.05, 4.69) is 5.32 Å². The van der Waals surface area contributed by atoms with Gasteiger partial charge in [-0.2, -0.15) is 0 Å². The molecule has 2 aromatic carbocycles. The summed E-state index contributed by atoms with van der Waals surface area (Å²) in [6.07, 6.45) is 0. The molecule has 3 N–H and O–H groups in total. The van der Waals surface area contributed by atoms with Crippen LogP contribution in [0.3, 0.4) is 0 Å². The predicted molar refractivity (Wildman–Crippen MR) is 84.3 cm³/mol. The Morgan fingerprint density at radius 1 is 1.24 bits per heavy atom. The lowest BCUT2D eigenvalue weighted by atomic mass is 10.1. The summed E-state index contributed by atoms with van der Waals surface area (Å²) in [6.45, 7) is 1.74. The minimum Gasteiger partial charge on any atom is -0.399 e. The van der Waals surface area contributed by atoms with E-state index >= 15 is 0 Å². The van der Waals surface area contributed by atoms with E-state index in [1.165, 1.54) is 6.07 Å². The van der Waals surface area contributed by atoms with Gasteiger partial charge in [0.05, 0.1) is 11.3 Å². The maximum absolute atomic E-state index is 13.8. The first kappa shape index (κ1) is 14.8. The minimum absolute atomic E-state index is 0.189. The van der Waals surface area contributed by atoms with Crippen LogP contribution in [-0.4, -0.2) is 20.0 Å². The van der Waals surface area contributed by atoms with Crippen LogP contribution < -0.4 is 16.0 Å². The van der Waals surface area contributed by atoms with Crippen LogP contribution in [0, 0.1) is 12.7 Å². The van der Waals surface area contributed by atoms with Crippen molar-refractivity contribution < 1.29 is 9.18 Å². The van der Waals surface area contributed by atoms with Gasteiger partial charge in [-0.25, -0.2) is 4.39 Å². The van der Waals surface area contributed by atoms with Gasteiger partial charge in [0, 0.05) is 25.5 Å². The zero-order chi connectivity index (χ0) is 15.6. The van der Waals surface area contributed by atoms with Gasteiger partial charge in [-0.3, -0.25) is 4.79 Å². The molecule has 110 valence electrons. The highest BCUT2D eigenvalue weighted by Gasteiger charge is 2.16. The molecule has 0 aromatic heterocycles. The first-order chi connectivity index (χ1) is 9.90. The van der Waals surface area contributed by atoms with Crippen molar-refractivity contribution in [2.75, 3.05) is 30.0 Å². The van der Waals surface area contributed by atoms with Crippen LogP contribution in [0.15, 0.2) is 36.4 Å². The fraction of sp³-hybridized carbons (Fsp3) is 0.188.